The normalized spacial score (nSPS) is 22.0. The summed E-state index contributed by atoms with van der Waals surface area (Å²) in [5.41, 5.74) is 2.50. The number of carbonyl (C=O) groups excluding carboxylic acids is 4. The number of fused-ring (bicyclic) bond motifs is 5. The standard InChI is InChI=1S/C34H42FN7O2.C17H16N2O5/c1-3-22-5-4-6-23-15-26(43)16-27(29(22)23)31-30(35)32-28(18-37-31)33(42-19-24-7-8-25(20-42)38-24)40-34(39-32)44-14-13-41-11-9-21(10-12-41)17-36-2;20-14-7-6-13(15(21)18-14)19-16(22)11-5-4-10(8-12(11)17(19)23)24-9-2-1-3-9/h4-6,15-16,18,21,24-25,36,38,43H,3,7-14,17,19-20H2,1-2H3;4-5,8-9,13H,1-3,6-7H2,(H,18,20,21). The number of hydrogen-bond acceptors (Lipinski definition) is 14. The number of phenols is 1. The molecule has 3 aromatic carbocycles. The molecule has 17 heteroatoms. The first-order valence-electron chi connectivity index (χ1n) is 24.2. The zero-order chi connectivity index (χ0) is 47.1. The number of rotatable bonds is 12. The number of ether oxygens (including phenoxy) is 2. The fourth-order valence-electron chi connectivity index (χ4n) is 10.6. The number of likely N-dealkylation sites (tertiary alicyclic amines) is 1. The van der Waals surface area contributed by atoms with E-state index in [9.17, 15) is 24.3 Å². The van der Waals surface area contributed by atoms with Gasteiger partial charge in [0.25, 0.3) is 11.8 Å². The molecular weight excluding hydrogens is 870 g/mol. The molecule has 2 bridgehead atoms. The van der Waals surface area contributed by atoms with Crippen LogP contribution in [0.5, 0.6) is 17.5 Å². The number of halogens is 1. The molecule has 7 heterocycles. The Bertz CT molecular complexity index is 2770. The molecule has 356 valence electrons. The summed E-state index contributed by atoms with van der Waals surface area (Å²) in [5, 5.41) is 22.0. The average molecular weight is 928 g/mol. The smallest absolute Gasteiger partial charge is 0.319 e. The Kier molecular flexibility index (Phi) is 13.0. The first-order valence-corrected chi connectivity index (χ1v) is 24.2. The highest BCUT2D eigenvalue weighted by atomic mass is 19.1. The van der Waals surface area contributed by atoms with E-state index in [1.165, 1.54) is 12.8 Å². The van der Waals surface area contributed by atoms with Crippen LogP contribution in [0.25, 0.3) is 32.9 Å². The minimum Gasteiger partial charge on any atom is -0.508 e. The van der Waals surface area contributed by atoms with Crippen LogP contribution in [-0.2, 0) is 16.0 Å². The molecule has 1 saturated carbocycles. The Hall–Kier alpha value is -6.30. The molecule has 2 aromatic heterocycles. The number of benzene rings is 3. The highest BCUT2D eigenvalue weighted by molar-refractivity contribution is 6.23. The van der Waals surface area contributed by atoms with Gasteiger partial charge in [-0.05, 0) is 137 Å². The van der Waals surface area contributed by atoms with Crippen LogP contribution >= 0.6 is 0 Å². The Morgan fingerprint density at radius 3 is 2.40 bits per heavy atom. The van der Waals surface area contributed by atoms with Crippen molar-refractivity contribution in [2.45, 2.75) is 95.4 Å². The average Bonchev–Trinajstić information content (AvgIpc) is 3.79. The third-order valence-electron chi connectivity index (χ3n) is 14.4. The summed E-state index contributed by atoms with van der Waals surface area (Å²) < 4.78 is 28.7. The van der Waals surface area contributed by atoms with Gasteiger partial charge < -0.3 is 30.1 Å². The lowest BCUT2D eigenvalue weighted by atomic mass is 9.95. The minimum atomic E-state index is -0.939. The Morgan fingerprint density at radius 2 is 1.68 bits per heavy atom. The van der Waals surface area contributed by atoms with Crippen LogP contribution in [0.1, 0.15) is 91.0 Å². The van der Waals surface area contributed by atoms with Crippen molar-refractivity contribution in [3.8, 4) is 28.8 Å². The van der Waals surface area contributed by atoms with E-state index in [1.807, 2.05) is 25.2 Å². The highest BCUT2D eigenvalue weighted by Crippen LogP contribution is 2.39. The van der Waals surface area contributed by atoms with E-state index in [4.69, 9.17) is 14.5 Å². The maximum absolute atomic E-state index is 16.7. The molecule has 5 aromatic rings. The van der Waals surface area contributed by atoms with Gasteiger partial charge in [-0.15, -0.1) is 0 Å². The van der Waals surface area contributed by atoms with Crippen LogP contribution in [0.15, 0.2) is 54.7 Å². The van der Waals surface area contributed by atoms with Gasteiger partial charge in [0.2, 0.25) is 11.8 Å². The summed E-state index contributed by atoms with van der Waals surface area (Å²) >= 11 is 0. The summed E-state index contributed by atoms with van der Waals surface area (Å²) in [5.74, 6) is -0.507. The predicted octanol–water partition coefficient (Wildman–Crippen LogP) is 5.52. The second kappa shape index (κ2) is 19.4. The van der Waals surface area contributed by atoms with Crippen molar-refractivity contribution in [2.75, 3.05) is 57.8 Å². The molecule has 68 heavy (non-hydrogen) atoms. The molecular formula is C51H58FN9O7. The number of nitrogens with one attached hydrogen (secondary N) is 3. The molecule has 3 atom stereocenters. The molecule has 4 amide bonds. The van der Waals surface area contributed by atoms with E-state index in [2.05, 4.69) is 42.6 Å². The number of pyridine rings is 1. The lowest BCUT2D eigenvalue weighted by Crippen LogP contribution is -2.54. The predicted molar refractivity (Wildman–Crippen MR) is 253 cm³/mol. The van der Waals surface area contributed by atoms with Gasteiger partial charge >= 0.3 is 6.01 Å². The number of amides is 4. The zero-order valence-corrected chi connectivity index (χ0v) is 38.6. The van der Waals surface area contributed by atoms with E-state index < -0.39 is 29.6 Å². The lowest BCUT2D eigenvalue weighted by Gasteiger charge is -2.34. The molecule has 4 N–H and O–H groups in total. The third kappa shape index (κ3) is 9.06. The van der Waals surface area contributed by atoms with E-state index in [0.717, 1.165) is 105 Å². The van der Waals surface area contributed by atoms with Crippen molar-refractivity contribution in [2.24, 2.45) is 5.92 Å². The van der Waals surface area contributed by atoms with E-state index >= 15 is 4.39 Å². The number of phenolic OH excluding ortho intramolecular Hbond substituents is 1. The molecule has 0 radical (unpaired) electrons. The van der Waals surface area contributed by atoms with E-state index in [1.54, 1.807) is 36.5 Å². The van der Waals surface area contributed by atoms with Crippen molar-refractivity contribution in [3.63, 3.8) is 0 Å². The quantitative estimate of drug-likeness (QED) is 0.114. The SMILES string of the molecule is CCc1cccc2cc(O)cc(-c3ncc4c(N5CC6CCC(C5)N6)nc(OCCN5CCC(CNC)CC5)nc4c3F)c12.O=C1CCC(N2C(=O)c3ccc(OC4CCC4)cc3C2=O)C(=O)N1. The number of aromatic hydroxyl groups is 1. The van der Waals surface area contributed by atoms with Crippen LogP contribution in [0.3, 0.4) is 0 Å². The number of piperidine rings is 2. The van der Waals surface area contributed by atoms with Crippen LogP contribution < -0.4 is 30.3 Å². The number of hydrogen-bond donors (Lipinski definition) is 4. The van der Waals surface area contributed by atoms with Crippen molar-refractivity contribution in [1.82, 2.24) is 40.7 Å². The number of imide groups is 2. The Labute approximate surface area is 394 Å². The third-order valence-corrected chi connectivity index (χ3v) is 14.4. The molecule has 6 aliphatic rings. The number of anilines is 1. The maximum atomic E-state index is 16.7. The van der Waals surface area contributed by atoms with E-state index in [-0.39, 0.29) is 59.0 Å². The van der Waals surface area contributed by atoms with Crippen molar-refractivity contribution in [1.29, 1.82) is 0 Å². The van der Waals surface area contributed by atoms with Crippen LogP contribution in [-0.4, -0.2) is 131 Å². The second-order valence-corrected chi connectivity index (χ2v) is 18.9. The van der Waals surface area contributed by atoms with E-state index in [0.29, 0.717) is 41.2 Å². The molecule has 3 unspecified atom stereocenters. The largest absolute Gasteiger partial charge is 0.508 e. The highest BCUT2D eigenvalue weighted by Gasteiger charge is 2.45. The molecule has 11 rings (SSSR count). The number of aromatic nitrogens is 3. The zero-order valence-electron chi connectivity index (χ0n) is 38.6. The van der Waals surface area contributed by atoms with Gasteiger partial charge in [-0.3, -0.25) is 39.3 Å². The number of aryl methyl sites for hydroxylation is 1. The molecule has 4 saturated heterocycles. The first-order chi connectivity index (χ1) is 33.0. The van der Waals surface area contributed by atoms with Gasteiger partial charge in [-0.1, -0.05) is 25.1 Å². The maximum Gasteiger partial charge on any atom is 0.319 e. The van der Waals surface area contributed by atoms with Crippen LogP contribution in [0, 0.1) is 11.7 Å². The van der Waals surface area contributed by atoms with Crippen LogP contribution in [0.2, 0.25) is 0 Å². The minimum absolute atomic E-state index is 0.0701. The number of piperazine rings is 1. The number of nitrogens with zero attached hydrogens (tertiary/aromatic N) is 6. The van der Waals surface area contributed by atoms with Gasteiger partial charge in [0.15, 0.2) is 5.82 Å². The van der Waals surface area contributed by atoms with Crippen molar-refractivity contribution in [3.05, 3.63) is 77.2 Å². The second-order valence-electron chi connectivity index (χ2n) is 18.9. The Morgan fingerprint density at radius 1 is 0.897 bits per heavy atom. The van der Waals surface area contributed by atoms with Gasteiger partial charge in [0, 0.05) is 49.9 Å². The summed E-state index contributed by atoms with van der Waals surface area (Å²) in [7, 11) is 2.01. The van der Waals surface area contributed by atoms with Crippen molar-refractivity contribution >= 4 is 51.1 Å². The summed E-state index contributed by atoms with van der Waals surface area (Å²) in [6.07, 6.45) is 10.6. The molecule has 0 spiro atoms. The summed E-state index contributed by atoms with van der Waals surface area (Å²) in [6.45, 7) is 8.03. The number of carbonyl (C=O) groups is 4. The Balaban J connectivity index is 0.000000189. The summed E-state index contributed by atoms with van der Waals surface area (Å²) in [4.78, 5) is 68.2. The van der Waals surface area contributed by atoms with Gasteiger partial charge in [0.05, 0.1) is 22.6 Å². The van der Waals surface area contributed by atoms with Gasteiger partial charge in [0.1, 0.15) is 41.2 Å². The lowest BCUT2D eigenvalue weighted by molar-refractivity contribution is -0.136. The molecule has 5 fully saturated rings. The van der Waals surface area contributed by atoms with Crippen LogP contribution in [0.4, 0.5) is 10.2 Å². The first kappa shape index (κ1) is 45.5. The molecule has 16 nitrogen and oxygen atoms in total. The molecule has 5 aliphatic heterocycles. The molecule has 1 aliphatic carbocycles. The fraction of sp³-hybridized carbons (Fsp3) is 0.471. The van der Waals surface area contributed by atoms with Gasteiger partial charge in [-0.25, -0.2) is 4.39 Å². The summed E-state index contributed by atoms with van der Waals surface area (Å²) in [6, 6.07) is 14.1. The topological polar surface area (TPSA) is 191 Å². The monoisotopic (exact) mass is 927 g/mol. The van der Waals surface area contributed by atoms with Gasteiger partial charge in [-0.2, -0.15) is 9.97 Å². The van der Waals surface area contributed by atoms with Crippen molar-refractivity contribution < 1.29 is 38.1 Å². The fourth-order valence-corrected chi connectivity index (χ4v) is 10.6.